The molecular weight excluding hydrogens is 418 g/mol. The zero-order chi connectivity index (χ0) is 20.8. The van der Waals surface area contributed by atoms with E-state index in [1.807, 2.05) is 6.07 Å². The number of hydrogen-bond acceptors (Lipinski definition) is 4. The molecule has 0 fully saturated rings. The first-order valence-electron chi connectivity index (χ1n) is 8.27. The highest BCUT2D eigenvalue weighted by Crippen LogP contribution is 2.20. The minimum absolute atomic E-state index is 0.0121. The van der Waals surface area contributed by atoms with Crippen LogP contribution < -0.4 is 4.72 Å². The number of benzene rings is 2. The number of carboxylic acids is 1. The lowest BCUT2D eigenvalue weighted by molar-refractivity contribution is -0.143. The summed E-state index contributed by atoms with van der Waals surface area (Å²) < 4.78 is 27.1. The molecule has 0 heterocycles. The van der Waals surface area contributed by atoms with Gasteiger partial charge in [0.15, 0.2) is 0 Å². The standard InChI is InChI=1S/C20H20ClNO4S2/c1-20(19(23)24,14-16-7-3-2-4-8-16)22-28(25,26)18(27)12-6-10-15-9-5-11-17(21)13-15/h2-13,22,27H,14H2,1H3,(H,23,24)/b10-6+,18-12+/t20-/m0/s1. The van der Waals surface area contributed by atoms with Crippen LogP contribution in [0.5, 0.6) is 0 Å². The first kappa shape index (κ1) is 22.2. The molecule has 0 aliphatic carbocycles. The van der Waals surface area contributed by atoms with Crippen molar-refractivity contribution in [2.24, 2.45) is 0 Å². The first-order valence-corrected chi connectivity index (χ1v) is 10.6. The second-order valence-electron chi connectivity index (χ2n) is 6.32. The van der Waals surface area contributed by atoms with Crippen LogP contribution in [0.4, 0.5) is 0 Å². The number of rotatable bonds is 8. The molecular formula is C20H20ClNO4S2. The molecule has 1 atom stereocenters. The van der Waals surface area contributed by atoms with Gasteiger partial charge in [-0.1, -0.05) is 66.2 Å². The molecule has 0 aromatic heterocycles. The van der Waals surface area contributed by atoms with E-state index >= 15 is 0 Å². The van der Waals surface area contributed by atoms with Crippen LogP contribution in [-0.2, 0) is 21.2 Å². The number of allylic oxidation sites excluding steroid dienone is 2. The molecule has 28 heavy (non-hydrogen) atoms. The van der Waals surface area contributed by atoms with Gasteiger partial charge in [-0.05, 0) is 36.3 Å². The lowest BCUT2D eigenvalue weighted by Gasteiger charge is -2.26. The fraction of sp³-hybridized carbons (Fsp3) is 0.150. The Labute approximate surface area is 175 Å². The normalized spacial score (nSPS) is 14.8. The Bertz CT molecular complexity index is 1000. The van der Waals surface area contributed by atoms with E-state index in [-0.39, 0.29) is 10.7 Å². The lowest BCUT2D eigenvalue weighted by Crippen LogP contribution is -2.53. The second-order valence-corrected chi connectivity index (χ2v) is 9.20. The minimum atomic E-state index is -4.13. The quantitative estimate of drug-likeness (QED) is 0.428. The topological polar surface area (TPSA) is 83.5 Å². The third kappa shape index (κ3) is 6.24. The Hall–Kier alpha value is -2.06. The van der Waals surface area contributed by atoms with Gasteiger partial charge in [0, 0.05) is 11.4 Å². The molecule has 148 valence electrons. The smallest absolute Gasteiger partial charge is 0.324 e. The summed E-state index contributed by atoms with van der Waals surface area (Å²) in [7, 11) is -4.13. The number of halogens is 1. The van der Waals surface area contributed by atoms with E-state index in [1.165, 1.54) is 19.1 Å². The van der Waals surface area contributed by atoms with Crippen LogP contribution in [0.15, 0.2) is 71.0 Å². The molecule has 0 aliphatic rings. The number of hydrogen-bond donors (Lipinski definition) is 3. The van der Waals surface area contributed by atoms with Gasteiger partial charge in [-0.25, -0.2) is 8.42 Å². The first-order chi connectivity index (χ1) is 13.1. The van der Waals surface area contributed by atoms with E-state index in [9.17, 15) is 18.3 Å². The predicted molar refractivity (Wildman–Crippen MR) is 116 cm³/mol. The SMILES string of the molecule is C[C@@](Cc1ccccc1)(NS(=O)(=O)/C(S)=C/C=C/c1cccc(Cl)c1)C(=O)O. The van der Waals surface area contributed by atoms with E-state index in [1.54, 1.807) is 54.6 Å². The van der Waals surface area contributed by atoms with E-state index in [2.05, 4.69) is 17.4 Å². The molecule has 0 radical (unpaired) electrons. The van der Waals surface area contributed by atoms with Crippen molar-refractivity contribution in [2.45, 2.75) is 18.9 Å². The molecule has 2 rings (SSSR count). The maximum Gasteiger partial charge on any atom is 0.324 e. The zero-order valence-electron chi connectivity index (χ0n) is 15.0. The van der Waals surface area contributed by atoms with Crippen molar-refractivity contribution in [3.63, 3.8) is 0 Å². The summed E-state index contributed by atoms with van der Waals surface area (Å²) in [5.74, 6) is -1.28. The average Bonchev–Trinajstić information content (AvgIpc) is 2.62. The molecule has 0 unspecified atom stereocenters. The van der Waals surface area contributed by atoms with Crippen molar-refractivity contribution in [1.29, 1.82) is 0 Å². The number of aliphatic carboxylic acids is 1. The molecule has 2 N–H and O–H groups in total. The molecule has 0 saturated heterocycles. The van der Waals surface area contributed by atoms with Gasteiger partial charge in [0.05, 0.1) is 0 Å². The van der Waals surface area contributed by atoms with Crippen LogP contribution in [0.25, 0.3) is 6.08 Å². The Kier molecular flexibility index (Phi) is 7.48. The average molecular weight is 438 g/mol. The highest BCUT2D eigenvalue weighted by molar-refractivity contribution is 8.09. The summed E-state index contributed by atoms with van der Waals surface area (Å²) in [6.45, 7) is 1.32. The summed E-state index contributed by atoms with van der Waals surface area (Å²) in [6, 6.07) is 15.8. The van der Waals surface area contributed by atoms with Crippen LogP contribution in [-0.4, -0.2) is 25.0 Å². The molecule has 0 amide bonds. The van der Waals surface area contributed by atoms with Crippen molar-refractivity contribution in [3.8, 4) is 0 Å². The third-order valence-corrected chi connectivity index (χ3v) is 6.39. The van der Waals surface area contributed by atoms with Crippen LogP contribution in [0.3, 0.4) is 0 Å². The molecule has 0 bridgehead atoms. The van der Waals surface area contributed by atoms with Gasteiger partial charge in [-0.2, -0.15) is 4.72 Å². The van der Waals surface area contributed by atoms with Gasteiger partial charge in [-0.15, -0.1) is 12.6 Å². The molecule has 8 heteroatoms. The fourth-order valence-electron chi connectivity index (χ4n) is 2.45. The lowest BCUT2D eigenvalue weighted by atomic mass is 9.94. The summed E-state index contributed by atoms with van der Waals surface area (Å²) >= 11 is 9.93. The predicted octanol–water partition coefficient (Wildman–Crippen LogP) is 4.13. The molecule has 0 aliphatic heterocycles. The maximum atomic E-state index is 12.6. The van der Waals surface area contributed by atoms with Gasteiger partial charge >= 0.3 is 5.97 Å². The zero-order valence-corrected chi connectivity index (χ0v) is 17.5. The number of sulfonamides is 1. The Morgan fingerprint density at radius 3 is 2.50 bits per heavy atom. The van der Waals surface area contributed by atoms with Crippen molar-refractivity contribution in [1.82, 2.24) is 4.72 Å². The maximum absolute atomic E-state index is 12.6. The fourth-order valence-corrected chi connectivity index (χ4v) is 3.99. The summed E-state index contributed by atoms with van der Waals surface area (Å²) in [4.78, 5) is 11.8. The monoisotopic (exact) mass is 437 g/mol. The summed E-state index contributed by atoms with van der Waals surface area (Å²) in [5, 5.41) is 10.2. The highest BCUT2D eigenvalue weighted by Gasteiger charge is 2.38. The van der Waals surface area contributed by atoms with Crippen molar-refractivity contribution >= 4 is 46.3 Å². The Balaban J connectivity index is 2.19. The summed E-state index contributed by atoms with van der Waals surface area (Å²) in [6.07, 6.45) is 4.43. The number of carbonyl (C=O) groups is 1. The van der Waals surface area contributed by atoms with Gasteiger partial charge in [0.1, 0.15) is 9.78 Å². The van der Waals surface area contributed by atoms with E-state index in [4.69, 9.17) is 11.6 Å². The number of nitrogens with one attached hydrogen (secondary N) is 1. The number of thiol groups is 1. The van der Waals surface area contributed by atoms with Crippen molar-refractivity contribution in [3.05, 3.63) is 87.1 Å². The van der Waals surface area contributed by atoms with E-state index in [0.29, 0.717) is 10.6 Å². The number of carboxylic acid groups (broad SMARTS) is 1. The second kappa shape index (κ2) is 9.43. The third-order valence-electron chi connectivity index (χ3n) is 3.88. The van der Waals surface area contributed by atoms with Crippen LogP contribution >= 0.6 is 24.2 Å². The van der Waals surface area contributed by atoms with Crippen molar-refractivity contribution < 1.29 is 18.3 Å². The van der Waals surface area contributed by atoms with Gasteiger partial charge in [0.2, 0.25) is 10.0 Å². The van der Waals surface area contributed by atoms with Gasteiger partial charge in [0.25, 0.3) is 0 Å². The Morgan fingerprint density at radius 1 is 1.21 bits per heavy atom. The molecule has 0 spiro atoms. The molecule has 2 aromatic rings. The molecule has 0 saturated carbocycles. The summed E-state index contributed by atoms with van der Waals surface area (Å²) in [5.41, 5.74) is -0.242. The van der Waals surface area contributed by atoms with Gasteiger partial charge < -0.3 is 5.11 Å². The van der Waals surface area contributed by atoms with Crippen LogP contribution in [0, 0.1) is 0 Å². The Morgan fingerprint density at radius 2 is 1.89 bits per heavy atom. The molecule has 5 nitrogen and oxygen atoms in total. The van der Waals surface area contributed by atoms with Crippen molar-refractivity contribution in [2.75, 3.05) is 0 Å². The van der Waals surface area contributed by atoms with E-state index < -0.39 is 21.5 Å². The van der Waals surface area contributed by atoms with Crippen LogP contribution in [0.1, 0.15) is 18.1 Å². The van der Waals surface area contributed by atoms with Gasteiger partial charge in [-0.3, -0.25) is 4.79 Å². The van der Waals surface area contributed by atoms with E-state index in [0.717, 1.165) is 5.56 Å². The van der Waals surface area contributed by atoms with Crippen LogP contribution in [0.2, 0.25) is 5.02 Å². The minimum Gasteiger partial charge on any atom is -0.480 e. The highest BCUT2D eigenvalue weighted by atomic mass is 35.5. The molecule has 2 aromatic carbocycles. The largest absolute Gasteiger partial charge is 0.480 e.